The maximum atomic E-state index is 3.57. The molecule has 0 spiro atoms. The molecule has 0 nitrogen and oxygen atoms in total. The summed E-state index contributed by atoms with van der Waals surface area (Å²) < 4.78 is 2.19. The van der Waals surface area contributed by atoms with Crippen molar-refractivity contribution < 1.29 is 0 Å². The zero-order valence-electron chi connectivity index (χ0n) is 7.37. The van der Waals surface area contributed by atoms with Crippen LogP contribution in [0.15, 0.2) is 57.5 Å². The van der Waals surface area contributed by atoms with Gasteiger partial charge in [-0.2, -0.15) is 0 Å². The molecule has 0 aliphatic heterocycles. The molecule has 0 aliphatic carbocycles. The van der Waals surface area contributed by atoms with E-state index in [1.165, 1.54) is 11.1 Å². The summed E-state index contributed by atoms with van der Waals surface area (Å²) in [6.45, 7) is 0. The van der Waals surface area contributed by atoms with Gasteiger partial charge in [0.05, 0.1) is 0 Å². The quantitative estimate of drug-likeness (QED) is 0.690. The van der Waals surface area contributed by atoms with Crippen molar-refractivity contribution in [1.29, 1.82) is 0 Å². The Kier molecular flexibility index (Phi) is 5.15. The van der Waals surface area contributed by atoms with Crippen molar-refractivity contribution in [3.05, 3.63) is 57.5 Å². The van der Waals surface area contributed by atoms with Crippen molar-refractivity contribution in [1.82, 2.24) is 0 Å². The Labute approximate surface area is 119 Å². The first-order chi connectivity index (χ1) is 6.79. The molecule has 0 heterocycles. The van der Waals surface area contributed by atoms with E-state index in [4.69, 9.17) is 0 Å². The monoisotopic (exact) mass is 318 g/mol. The van der Waals surface area contributed by atoms with E-state index in [9.17, 15) is 0 Å². The van der Waals surface area contributed by atoms with Crippen molar-refractivity contribution in [3.8, 4) is 11.1 Å². The Bertz CT molecular complexity index is 441. The fourth-order valence-corrected chi connectivity index (χ4v) is 2.20. The van der Waals surface area contributed by atoms with Crippen LogP contribution < -0.4 is 0 Å². The number of halogens is 2. The van der Waals surface area contributed by atoms with Gasteiger partial charge in [-0.1, -0.05) is 42.5 Å². The molecule has 0 fully saturated rings. The summed E-state index contributed by atoms with van der Waals surface area (Å²) in [5, 5.41) is 0. The summed E-state index contributed by atoms with van der Waals surface area (Å²) in [7, 11) is 0. The van der Waals surface area contributed by atoms with E-state index >= 15 is 0 Å². The molecule has 0 unspecified atom stereocenters. The van der Waals surface area contributed by atoms with Crippen LogP contribution in [0.5, 0.6) is 0 Å². The van der Waals surface area contributed by atoms with E-state index < -0.39 is 0 Å². The van der Waals surface area contributed by atoms with E-state index in [1.54, 1.807) is 0 Å². The van der Waals surface area contributed by atoms with Gasteiger partial charge in [0.1, 0.15) is 0 Å². The molecule has 0 bridgehead atoms. The van der Waals surface area contributed by atoms with Gasteiger partial charge >= 0.3 is 18.9 Å². The molecule has 2 rings (SSSR count). The molecule has 0 radical (unpaired) electrons. The van der Waals surface area contributed by atoms with Gasteiger partial charge in [0, 0.05) is 8.95 Å². The molecule has 0 saturated carbocycles. The van der Waals surface area contributed by atoms with Gasteiger partial charge in [0.2, 0.25) is 0 Å². The second kappa shape index (κ2) is 5.91. The van der Waals surface area contributed by atoms with Gasteiger partial charge in [-0.05, 0) is 49.1 Å². The summed E-state index contributed by atoms with van der Waals surface area (Å²) in [6.07, 6.45) is 0. The van der Waals surface area contributed by atoms with E-state index in [0.29, 0.717) is 0 Å². The van der Waals surface area contributed by atoms with Crippen LogP contribution in [0.4, 0.5) is 0 Å². The predicted molar refractivity (Wildman–Crippen MR) is 74.4 cm³/mol. The third-order valence-electron chi connectivity index (χ3n) is 2.04. The predicted octanol–water partition coefficient (Wildman–Crippen LogP) is 4.23. The Hall–Kier alpha value is -0.00260. The summed E-state index contributed by atoms with van der Waals surface area (Å²) in [6, 6.07) is 16.5. The molecule has 0 aliphatic rings. The zero-order chi connectivity index (χ0) is 9.97. The standard InChI is InChI=1S/C12H8Br2.Li.H/c13-11-8-4-7-10(12(11)14)9-5-2-1-3-6-9;;/h1-8H;;. The first-order valence-corrected chi connectivity index (χ1v) is 5.87. The summed E-state index contributed by atoms with van der Waals surface area (Å²) in [5.41, 5.74) is 2.43. The van der Waals surface area contributed by atoms with Gasteiger partial charge in [0.15, 0.2) is 0 Å². The van der Waals surface area contributed by atoms with Crippen LogP contribution in [0.3, 0.4) is 0 Å². The van der Waals surface area contributed by atoms with E-state index in [0.717, 1.165) is 8.95 Å². The number of hydrogen-bond acceptors (Lipinski definition) is 0. The number of rotatable bonds is 1. The molecule has 0 atom stereocenters. The normalized spacial score (nSPS) is 9.47. The molecule has 2 aromatic carbocycles. The molecular formula is C12H9Br2Li. The Balaban J connectivity index is 0.00000112. The maximum absolute atomic E-state index is 3.57. The van der Waals surface area contributed by atoms with Crippen LogP contribution in [-0.4, -0.2) is 18.9 Å². The topological polar surface area (TPSA) is 0 Å². The van der Waals surface area contributed by atoms with Crippen molar-refractivity contribution >= 4 is 50.7 Å². The van der Waals surface area contributed by atoms with Crippen LogP contribution in [-0.2, 0) is 0 Å². The van der Waals surface area contributed by atoms with Gasteiger partial charge < -0.3 is 0 Å². The van der Waals surface area contributed by atoms with E-state index in [-0.39, 0.29) is 18.9 Å². The number of benzene rings is 2. The summed E-state index contributed by atoms with van der Waals surface area (Å²) in [4.78, 5) is 0. The minimum absolute atomic E-state index is 0. The molecule has 0 aromatic heterocycles. The molecule has 0 amide bonds. The van der Waals surface area contributed by atoms with Gasteiger partial charge in [0.25, 0.3) is 0 Å². The minimum atomic E-state index is 0. The first kappa shape index (κ1) is 13.1. The Morgan fingerprint density at radius 3 is 2.07 bits per heavy atom. The zero-order valence-corrected chi connectivity index (χ0v) is 10.5. The van der Waals surface area contributed by atoms with Crippen LogP contribution in [0.2, 0.25) is 0 Å². The van der Waals surface area contributed by atoms with Crippen LogP contribution >= 0.6 is 31.9 Å². The summed E-state index contributed by atoms with van der Waals surface area (Å²) >= 11 is 7.07. The number of hydrogen-bond donors (Lipinski definition) is 0. The van der Waals surface area contributed by atoms with Gasteiger partial charge in [-0.3, -0.25) is 0 Å². The fourth-order valence-electron chi connectivity index (χ4n) is 1.34. The molecule has 2 aromatic rings. The van der Waals surface area contributed by atoms with E-state index in [1.807, 2.05) is 30.3 Å². The molecule has 0 N–H and O–H groups in total. The summed E-state index contributed by atoms with van der Waals surface area (Å²) in [5.74, 6) is 0. The van der Waals surface area contributed by atoms with E-state index in [2.05, 4.69) is 50.1 Å². The van der Waals surface area contributed by atoms with Crippen molar-refractivity contribution in [2.75, 3.05) is 0 Å². The average Bonchev–Trinajstić information content (AvgIpc) is 2.23. The van der Waals surface area contributed by atoms with Crippen molar-refractivity contribution in [3.63, 3.8) is 0 Å². The van der Waals surface area contributed by atoms with Crippen molar-refractivity contribution in [2.45, 2.75) is 0 Å². The van der Waals surface area contributed by atoms with Gasteiger partial charge in [-0.25, -0.2) is 0 Å². The van der Waals surface area contributed by atoms with Crippen LogP contribution in [0, 0.1) is 0 Å². The fraction of sp³-hybridized carbons (Fsp3) is 0. The molecule has 0 saturated heterocycles. The third-order valence-corrected chi connectivity index (χ3v) is 4.08. The molecule has 15 heavy (non-hydrogen) atoms. The SMILES string of the molecule is Brc1cccc(-c2ccccc2)c1Br.[LiH]. The van der Waals surface area contributed by atoms with Crippen LogP contribution in [0.1, 0.15) is 0 Å². The second-order valence-corrected chi connectivity index (χ2v) is 4.61. The van der Waals surface area contributed by atoms with Gasteiger partial charge in [-0.15, -0.1) is 0 Å². The Morgan fingerprint density at radius 2 is 1.40 bits per heavy atom. The van der Waals surface area contributed by atoms with Crippen molar-refractivity contribution in [2.24, 2.45) is 0 Å². The molecule has 3 heteroatoms. The third kappa shape index (κ3) is 2.98. The molecule has 72 valence electrons. The first-order valence-electron chi connectivity index (χ1n) is 4.28. The Morgan fingerprint density at radius 1 is 0.733 bits per heavy atom. The molecular weight excluding hydrogens is 311 g/mol. The van der Waals surface area contributed by atoms with Crippen LogP contribution in [0.25, 0.3) is 11.1 Å². The average molecular weight is 320 g/mol. The second-order valence-electron chi connectivity index (χ2n) is 2.97.